The van der Waals surface area contributed by atoms with Crippen molar-refractivity contribution in [1.82, 2.24) is 4.72 Å². The van der Waals surface area contributed by atoms with Gasteiger partial charge in [0.15, 0.2) is 0 Å². The number of ether oxygens (including phenoxy) is 2. The molecule has 0 saturated carbocycles. The van der Waals surface area contributed by atoms with E-state index in [2.05, 4.69) is 4.72 Å². The highest BCUT2D eigenvalue weighted by Crippen LogP contribution is 2.30. The van der Waals surface area contributed by atoms with E-state index in [4.69, 9.17) is 21.1 Å². The molecule has 1 fully saturated rings. The Morgan fingerprint density at radius 2 is 2.40 bits per heavy atom. The molecule has 2 heterocycles. The number of nitrogens with one attached hydrogen (secondary N) is 1. The van der Waals surface area contributed by atoms with Gasteiger partial charge in [-0.25, -0.2) is 13.1 Å². The van der Waals surface area contributed by atoms with Crippen LogP contribution in [-0.4, -0.2) is 40.9 Å². The summed E-state index contributed by atoms with van der Waals surface area (Å²) < 4.78 is 38.8. The maximum atomic E-state index is 12.4. The number of thiophene rings is 1. The molecule has 5 nitrogen and oxygen atoms in total. The Kier molecular flexibility index (Phi) is 5.44. The number of halogens is 1. The second-order valence-electron chi connectivity index (χ2n) is 4.76. The van der Waals surface area contributed by atoms with Gasteiger partial charge in [0.2, 0.25) is 0 Å². The lowest BCUT2D eigenvalue weighted by Crippen LogP contribution is -2.45. The van der Waals surface area contributed by atoms with Gasteiger partial charge in [0.1, 0.15) is 4.21 Å². The van der Waals surface area contributed by atoms with Crippen molar-refractivity contribution in [3.05, 3.63) is 16.0 Å². The van der Waals surface area contributed by atoms with Crippen LogP contribution in [0.4, 0.5) is 0 Å². The van der Waals surface area contributed by atoms with E-state index in [9.17, 15) is 8.42 Å². The van der Waals surface area contributed by atoms with Gasteiger partial charge in [0, 0.05) is 13.7 Å². The monoisotopic (exact) mass is 339 g/mol. The topological polar surface area (TPSA) is 64.6 Å². The predicted octanol–water partition coefficient (Wildman–Crippen LogP) is 2.18. The average Bonchev–Trinajstić information content (AvgIpc) is 3.00. The molecule has 2 atom stereocenters. The molecule has 0 aromatic carbocycles. The highest BCUT2D eigenvalue weighted by molar-refractivity contribution is 7.91. The molecule has 0 amide bonds. The molecule has 1 saturated heterocycles. The fraction of sp³-hybridized carbons (Fsp3) is 0.667. The molecule has 1 N–H and O–H groups in total. The quantitative estimate of drug-likeness (QED) is 0.862. The van der Waals surface area contributed by atoms with Gasteiger partial charge in [0.25, 0.3) is 10.0 Å². The first-order valence-electron chi connectivity index (χ1n) is 6.33. The van der Waals surface area contributed by atoms with E-state index < -0.39 is 10.0 Å². The summed E-state index contributed by atoms with van der Waals surface area (Å²) in [4.78, 5) is 0. The molecule has 8 heteroatoms. The fourth-order valence-electron chi connectivity index (χ4n) is 2.14. The lowest BCUT2D eigenvalue weighted by molar-refractivity contribution is 0.0515. The first kappa shape index (κ1) is 16.2. The zero-order valence-corrected chi connectivity index (χ0v) is 13.8. The van der Waals surface area contributed by atoms with Crippen molar-refractivity contribution >= 4 is 33.0 Å². The van der Waals surface area contributed by atoms with E-state index in [0.29, 0.717) is 10.9 Å². The van der Waals surface area contributed by atoms with E-state index in [1.54, 1.807) is 20.1 Å². The van der Waals surface area contributed by atoms with Crippen LogP contribution < -0.4 is 4.72 Å². The van der Waals surface area contributed by atoms with Crippen LogP contribution in [0.2, 0.25) is 4.34 Å². The number of hydrogen-bond donors (Lipinski definition) is 1. The van der Waals surface area contributed by atoms with Crippen LogP contribution in [0.3, 0.4) is 0 Å². The molecule has 0 aliphatic carbocycles. The van der Waals surface area contributed by atoms with Crippen molar-refractivity contribution in [3.63, 3.8) is 0 Å². The third-order valence-corrected chi connectivity index (χ3v) is 6.68. The Bertz CT molecular complexity index is 532. The fourth-order valence-corrected chi connectivity index (χ4v) is 5.11. The Labute approximate surface area is 128 Å². The zero-order valence-electron chi connectivity index (χ0n) is 11.4. The molecule has 0 bridgehead atoms. The summed E-state index contributed by atoms with van der Waals surface area (Å²) in [6, 6.07) is 1.20. The molecule has 114 valence electrons. The summed E-state index contributed by atoms with van der Waals surface area (Å²) in [7, 11) is -2.05. The van der Waals surface area contributed by atoms with Crippen molar-refractivity contribution < 1.29 is 17.9 Å². The third-order valence-electron chi connectivity index (χ3n) is 3.17. The van der Waals surface area contributed by atoms with E-state index >= 15 is 0 Å². The molecule has 1 aromatic rings. The molecule has 1 aromatic heterocycles. The van der Waals surface area contributed by atoms with Gasteiger partial charge < -0.3 is 9.47 Å². The lowest BCUT2D eigenvalue weighted by atomic mass is 10.1. The number of aryl methyl sites for hydroxylation is 1. The van der Waals surface area contributed by atoms with Gasteiger partial charge in [-0.15, -0.1) is 11.3 Å². The van der Waals surface area contributed by atoms with Crippen LogP contribution in [-0.2, 0) is 19.5 Å². The van der Waals surface area contributed by atoms with Gasteiger partial charge in [-0.1, -0.05) is 11.6 Å². The van der Waals surface area contributed by atoms with Crippen molar-refractivity contribution in [2.45, 2.75) is 36.1 Å². The molecular weight excluding hydrogens is 322 g/mol. The Morgan fingerprint density at radius 1 is 1.65 bits per heavy atom. The highest BCUT2D eigenvalue weighted by atomic mass is 35.5. The van der Waals surface area contributed by atoms with Crippen molar-refractivity contribution in [1.29, 1.82) is 0 Å². The van der Waals surface area contributed by atoms with Crippen molar-refractivity contribution in [2.24, 2.45) is 0 Å². The lowest BCUT2D eigenvalue weighted by Gasteiger charge is -2.22. The van der Waals surface area contributed by atoms with Gasteiger partial charge >= 0.3 is 0 Å². The van der Waals surface area contributed by atoms with E-state index in [1.807, 2.05) is 0 Å². The molecule has 1 aliphatic heterocycles. The summed E-state index contributed by atoms with van der Waals surface area (Å²) >= 11 is 6.99. The van der Waals surface area contributed by atoms with Crippen LogP contribution in [0.15, 0.2) is 10.3 Å². The van der Waals surface area contributed by atoms with Crippen LogP contribution in [0, 0.1) is 6.92 Å². The molecule has 2 unspecified atom stereocenters. The van der Waals surface area contributed by atoms with Gasteiger partial charge in [-0.2, -0.15) is 0 Å². The first-order valence-corrected chi connectivity index (χ1v) is 9.00. The largest absolute Gasteiger partial charge is 0.383 e. The van der Waals surface area contributed by atoms with Crippen LogP contribution in [0.5, 0.6) is 0 Å². The zero-order chi connectivity index (χ0) is 14.8. The summed E-state index contributed by atoms with van der Waals surface area (Å²) in [5.41, 5.74) is 0.762. The van der Waals surface area contributed by atoms with Crippen molar-refractivity contribution in [3.8, 4) is 0 Å². The summed E-state index contributed by atoms with van der Waals surface area (Å²) in [6.07, 6.45) is 1.64. The molecule has 0 radical (unpaired) electrons. The smallest absolute Gasteiger partial charge is 0.250 e. The number of rotatable bonds is 6. The Balaban J connectivity index is 2.15. The Hall–Kier alpha value is -0.180. The average molecular weight is 340 g/mol. The van der Waals surface area contributed by atoms with Gasteiger partial charge in [-0.3, -0.25) is 0 Å². The maximum absolute atomic E-state index is 12.4. The predicted molar refractivity (Wildman–Crippen MR) is 79.0 cm³/mol. The SMILES string of the molecule is COCC(NS(=O)(=O)c1cc(C)c(Cl)s1)C1CCCO1. The van der Waals surface area contributed by atoms with Crippen LogP contribution in [0.25, 0.3) is 0 Å². The number of hydrogen-bond acceptors (Lipinski definition) is 5. The molecule has 20 heavy (non-hydrogen) atoms. The van der Waals surface area contributed by atoms with E-state index in [0.717, 1.165) is 29.7 Å². The first-order chi connectivity index (χ1) is 9.44. The van der Waals surface area contributed by atoms with E-state index in [-0.39, 0.29) is 23.0 Å². The highest BCUT2D eigenvalue weighted by Gasteiger charge is 2.31. The molecular formula is C12H18ClNO4S2. The second-order valence-corrected chi connectivity index (χ2v) is 8.35. The summed E-state index contributed by atoms with van der Waals surface area (Å²) in [6.45, 7) is 2.73. The third kappa shape index (κ3) is 3.72. The molecule has 2 rings (SSSR count). The standard InChI is InChI=1S/C12H18ClNO4S2/c1-8-6-11(19-12(8)13)20(15,16)14-9(7-17-2)10-4-3-5-18-10/h6,9-10,14H,3-5,7H2,1-2H3. The minimum absolute atomic E-state index is 0.138. The van der Waals surface area contributed by atoms with Crippen LogP contribution in [0.1, 0.15) is 18.4 Å². The van der Waals surface area contributed by atoms with Gasteiger partial charge in [0.05, 0.1) is 23.1 Å². The second kappa shape index (κ2) is 6.72. The maximum Gasteiger partial charge on any atom is 0.250 e. The summed E-state index contributed by atoms with van der Waals surface area (Å²) in [5, 5.41) is 0. The molecule has 0 spiro atoms. The number of sulfonamides is 1. The minimum atomic E-state index is -3.60. The van der Waals surface area contributed by atoms with Crippen molar-refractivity contribution in [2.75, 3.05) is 20.3 Å². The minimum Gasteiger partial charge on any atom is -0.383 e. The Morgan fingerprint density at radius 3 is 2.90 bits per heavy atom. The van der Waals surface area contributed by atoms with Crippen LogP contribution >= 0.6 is 22.9 Å². The molecule has 1 aliphatic rings. The normalized spacial score (nSPS) is 21.2. The van der Waals surface area contributed by atoms with Gasteiger partial charge in [-0.05, 0) is 31.4 Å². The number of methoxy groups -OCH3 is 1. The summed E-state index contributed by atoms with van der Waals surface area (Å²) in [5.74, 6) is 0. The van der Waals surface area contributed by atoms with E-state index in [1.165, 1.54) is 0 Å².